The summed E-state index contributed by atoms with van der Waals surface area (Å²) in [5, 5.41) is 13.9. The number of para-hydroxylation sites is 1. The van der Waals surface area contributed by atoms with E-state index in [0.29, 0.717) is 17.0 Å². The van der Waals surface area contributed by atoms with Crippen LogP contribution in [0, 0.1) is 0 Å². The average molecular weight is 369 g/mol. The number of aromatic nitrogens is 2. The Kier molecular flexibility index (Phi) is 5.08. The van der Waals surface area contributed by atoms with Crippen LogP contribution < -0.4 is 5.32 Å². The predicted octanol–water partition coefficient (Wildman–Crippen LogP) is 3.76. The molecule has 4 rings (SSSR count). The van der Waals surface area contributed by atoms with Crippen molar-refractivity contribution in [3.8, 4) is 11.4 Å². The van der Waals surface area contributed by atoms with Gasteiger partial charge in [0, 0.05) is 18.1 Å². The fourth-order valence-corrected chi connectivity index (χ4v) is 3.09. The van der Waals surface area contributed by atoms with E-state index < -0.39 is 6.10 Å². The van der Waals surface area contributed by atoms with Crippen molar-refractivity contribution in [3.05, 3.63) is 96.2 Å². The molecule has 0 saturated heterocycles. The molecule has 0 aliphatic carbocycles. The van der Waals surface area contributed by atoms with Crippen LogP contribution in [0.5, 0.6) is 0 Å². The highest BCUT2D eigenvalue weighted by Gasteiger charge is 2.16. The molecule has 2 heterocycles. The topological polar surface area (TPSA) is 75.1 Å². The van der Waals surface area contributed by atoms with Gasteiger partial charge in [0.1, 0.15) is 0 Å². The Bertz CT molecular complexity index is 1100. The third-order valence-corrected chi connectivity index (χ3v) is 4.53. The van der Waals surface area contributed by atoms with Crippen molar-refractivity contribution in [3.63, 3.8) is 0 Å². The average Bonchev–Trinajstić information content (AvgIpc) is 2.77. The zero-order valence-electron chi connectivity index (χ0n) is 15.1. The number of nitrogens with one attached hydrogen (secondary N) is 1. The van der Waals surface area contributed by atoms with Crippen LogP contribution in [0.1, 0.15) is 22.0 Å². The van der Waals surface area contributed by atoms with Gasteiger partial charge in [0.15, 0.2) is 0 Å². The molecule has 0 saturated carbocycles. The molecule has 0 fully saturated rings. The molecule has 138 valence electrons. The van der Waals surface area contributed by atoms with E-state index in [0.717, 1.165) is 16.5 Å². The summed E-state index contributed by atoms with van der Waals surface area (Å²) in [6, 6.07) is 24.1. The Morgan fingerprint density at radius 2 is 1.68 bits per heavy atom. The number of carbonyl (C=O) groups is 1. The van der Waals surface area contributed by atoms with Crippen LogP contribution in [0.4, 0.5) is 0 Å². The third-order valence-electron chi connectivity index (χ3n) is 4.53. The van der Waals surface area contributed by atoms with Gasteiger partial charge in [-0.25, -0.2) is 4.98 Å². The molecule has 0 spiro atoms. The lowest BCUT2D eigenvalue weighted by atomic mass is 10.0. The van der Waals surface area contributed by atoms with Crippen LogP contribution in [-0.4, -0.2) is 27.5 Å². The number of hydrogen-bond acceptors (Lipinski definition) is 4. The lowest BCUT2D eigenvalue weighted by Gasteiger charge is -2.14. The molecule has 2 aromatic heterocycles. The number of benzene rings is 2. The van der Waals surface area contributed by atoms with Crippen LogP contribution >= 0.6 is 0 Å². The summed E-state index contributed by atoms with van der Waals surface area (Å²) in [6.07, 6.45) is 0.927. The largest absolute Gasteiger partial charge is 0.387 e. The van der Waals surface area contributed by atoms with E-state index in [9.17, 15) is 9.90 Å². The van der Waals surface area contributed by atoms with Crippen LogP contribution in [-0.2, 0) is 0 Å². The van der Waals surface area contributed by atoms with Crippen LogP contribution in [0.2, 0.25) is 0 Å². The summed E-state index contributed by atoms with van der Waals surface area (Å²) >= 11 is 0. The molecule has 0 aliphatic heterocycles. The lowest BCUT2D eigenvalue weighted by Crippen LogP contribution is -2.28. The van der Waals surface area contributed by atoms with Gasteiger partial charge in [-0.05, 0) is 29.8 Å². The standard InChI is InChI=1S/C23H19N3O2/c27-22(16-8-2-1-3-9-16)15-25-23(28)18-14-21(20-12-6-7-13-24-20)26-19-11-5-4-10-17(18)19/h1-14,22,27H,15H2,(H,25,28)/t22-/m1/s1. The maximum absolute atomic E-state index is 12.9. The second-order valence-electron chi connectivity index (χ2n) is 6.42. The Balaban J connectivity index is 1.64. The number of pyridine rings is 2. The highest BCUT2D eigenvalue weighted by atomic mass is 16.3. The van der Waals surface area contributed by atoms with Gasteiger partial charge in [0.25, 0.3) is 5.91 Å². The van der Waals surface area contributed by atoms with Gasteiger partial charge in [-0.1, -0.05) is 54.6 Å². The van der Waals surface area contributed by atoms with Crippen molar-refractivity contribution in [2.45, 2.75) is 6.10 Å². The van der Waals surface area contributed by atoms with Gasteiger partial charge in [-0.15, -0.1) is 0 Å². The van der Waals surface area contributed by atoms with Gasteiger partial charge in [-0.3, -0.25) is 9.78 Å². The summed E-state index contributed by atoms with van der Waals surface area (Å²) < 4.78 is 0. The van der Waals surface area contributed by atoms with E-state index in [1.165, 1.54) is 0 Å². The molecule has 0 radical (unpaired) electrons. The molecule has 2 N–H and O–H groups in total. The summed E-state index contributed by atoms with van der Waals surface area (Å²) in [5.74, 6) is -0.259. The summed E-state index contributed by atoms with van der Waals surface area (Å²) in [4.78, 5) is 21.9. The molecule has 0 bridgehead atoms. The first-order chi connectivity index (χ1) is 13.7. The molecular formula is C23H19N3O2. The maximum atomic E-state index is 12.9. The van der Waals surface area contributed by atoms with Gasteiger partial charge in [0.2, 0.25) is 0 Å². The number of aliphatic hydroxyl groups excluding tert-OH is 1. The van der Waals surface area contributed by atoms with E-state index in [2.05, 4.69) is 15.3 Å². The van der Waals surface area contributed by atoms with Crippen molar-refractivity contribution in [1.29, 1.82) is 0 Å². The van der Waals surface area contributed by atoms with Crippen LogP contribution in [0.25, 0.3) is 22.3 Å². The predicted molar refractivity (Wildman–Crippen MR) is 109 cm³/mol. The summed E-state index contributed by atoms with van der Waals surface area (Å²) in [7, 11) is 0. The van der Waals surface area contributed by atoms with Gasteiger partial charge >= 0.3 is 0 Å². The Labute approximate surface area is 162 Å². The van der Waals surface area contributed by atoms with Crippen LogP contribution in [0.15, 0.2) is 85.1 Å². The Morgan fingerprint density at radius 1 is 0.929 bits per heavy atom. The van der Waals surface area contributed by atoms with Gasteiger partial charge < -0.3 is 10.4 Å². The molecule has 2 aromatic carbocycles. The number of hydrogen-bond donors (Lipinski definition) is 2. The smallest absolute Gasteiger partial charge is 0.252 e. The molecule has 5 heteroatoms. The number of nitrogens with zero attached hydrogens (tertiary/aromatic N) is 2. The monoisotopic (exact) mass is 369 g/mol. The zero-order chi connectivity index (χ0) is 19.3. The van der Waals surface area contributed by atoms with E-state index in [1.54, 1.807) is 12.3 Å². The third kappa shape index (κ3) is 3.75. The highest BCUT2D eigenvalue weighted by Crippen LogP contribution is 2.23. The molecule has 1 amide bonds. The maximum Gasteiger partial charge on any atom is 0.252 e. The second-order valence-corrected chi connectivity index (χ2v) is 6.42. The number of carbonyl (C=O) groups excluding carboxylic acids is 1. The normalized spacial score (nSPS) is 11.9. The second kappa shape index (κ2) is 7.98. The number of amides is 1. The zero-order valence-corrected chi connectivity index (χ0v) is 15.1. The SMILES string of the molecule is O=C(NC[C@@H](O)c1ccccc1)c1cc(-c2ccccn2)nc2ccccc12. The van der Waals surface area contributed by atoms with Crippen LogP contribution in [0.3, 0.4) is 0 Å². The summed E-state index contributed by atoms with van der Waals surface area (Å²) in [5.41, 5.74) is 3.32. The molecule has 4 aromatic rings. The molecule has 0 unspecified atom stereocenters. The molecule has 28 heavy (non-hydrogen) atoms. The van der Waals surface area contributed by atoms with Gasteiger partial charge in [-0.2, -0.15) is 0 Å². The Morgan fingerprint density at radius 3 is 2.46 bits per heavy atom. The first-order valence-electron chi connectivity index (χ1n) is 9.05. The van der Waals surface area contributed by atoms with Crippen molar-refractivity contribution < 1.29 is 9.90 Å². The minimum absolute atomic E-state index is 0.123. The minimum Gasteiger partial charge on any atom is -0.387 e. The first kappa shape index (κ1) is 17.8. The number of rotatable bonds is 5. The Hall–Kier alpha value is -3.57. The van der Waals surface area contributed by atoms with E-state index >= 15 is 0 Å². The lowest BCUT2D eigenvalue weighted by molar-refractivity contribution is 0.0918. The molecule has 0 aliphatic rings. The van der Waals surface area contributed by atoms with E-state index in [-0.39, 0.29) is 12.5 Å². The number of aliphatic hydroxyl groups is 1. The van der Waals surface area contributed by atoms with Gasteiger partial charge in [0.05, 0.1) is 28.6 Å². The summed E-state index contributed by atoms with van der Waals surface area (Å²) in [6.45, 7) is 0.123. The van der Waals surface area contributed by atoms with Crippen molar-refractivity contribution in [2.75, 3.05) is 6.54 Å². The van der Waals surface area contributed by atoms with Crippen molar-refractivity contribution in [2.24, 2.45) is 0 Å². The van der Waals surface area contributed by atoms with Crippen molar-refractivity contribution in [1.82, 2.24) is 15.3 Å². The van der Waals surface area contributed by atoms with Crippen molar-refractivity contribution >= 4 is 16.8 Å². The molecule has 1 atom stereocenters. The first-order valence-corrected chi connectivity index (χ1v) is 9.05. The minimum atomic E-state index is -0.770. The number of fused-ring (bicyclic) bond motifs is 1. The van der Waals surface area contributed by atoms with E-state index in [1.807, 2.05) is 72.8 Å². The fraction of sp³-hybridized carbons (Fsp3) is 0.0870. The quantitative estimate of drug-likeness (QED) is 0.562. The molecule has 5 nitrogen and oxygen atoms in total. The highest BCUT2D eigenvalue weighted by molar-refractivity contribution is 6.07. The van der Waals surface area contributed by atoms with E-state index in [4.69, 9.17) is 0 Å². The molecular weight excluding hydrogens is 350 g/mol. The fourth-order valence-electron chi connectivity index (χ4n) is 3.09.